The molecule has 2 N–H and O–H groups in total. The lowest BCUT2D eigenvalue weighted by molar-refractivity contribution is -0.0241. The molecule has 2 bridgehead atoms. The van der Waals surface area contributed by atoms with Crippen LogP contribution in [0.4, 0.5) is 0 Å². The summed E-state index contributed by atoms with van der Waals surface area (Å²) in [6.45, 7) is 3.49. The molecule has 0 aromatic rings. The molecule has 0 aliphatic heterocycles. The average Bonchev–Trinajstić information content (AvgIpc) is 3.14. The second kappa shape index (κ2) is 7.43. The average molecular weight is 295 g/mol. The minimum Gasteiger partial charge on any atom is -0.389 e. The third-order valence-corrected chi connectivity index (χ3v) is 6.19. The van der Waals surface area contributed by atoms with Gasteiger partial charge in [-0.15, -0.1) is 0 Å². The molecule has 0 aromatic carbocycles. The van der Waals surface area contributed by atoms with E-state index in [0.29, 0.717) is 25.3 Å². The maximum absolute atomic E-state index is 10.1. The molecule has 0 heterocycles. The van der Waals surface area contributed by atoms with E-state index < -0.39 is 0 Å². The summed E-state index contributed by atoms with van der Waals surface area (Å²) in [7, 11) is 0. The van der Waals surface area contributed by atoms with Gasteiger partial charge in [0.1, 0.15) is 0 Å². The molecular weight excluding hydrogens is 262 g/mol. The van der Waals surface area contributed by atoms with Gasteiger partial charge in [-0.3, -0.25) is 0 Å². The van der Waals surface area contributed by atoms with E-state index in [4.69, 9.17) is 4.74 Å². The van der Waals surface area contributed by atoms with E-state index in [2.05, 4.69) is 12.2 Å². The number of aliphatic hydroxyl groups excluding tert-OH is 1. The lowest BCUT2D eigenvalue weighted by Crippen LogP contribution is -2.41. The summed E-state index contributed by atoms with van der Waals surface area (Å²) in [5.41, 5.74) is 0. The smallest absolute Gasteiger partial charge is 0.0897 e. The number of aliphatic hydroxyl groups is 1. The molecule has 0 radical (unpaired) electrons. The van der Waals surface area contributed by atoms with Crippen molar-refractivity contribution in [3.63, 3.8) is 0 Å². The molecule has 5 atom stereocenters. The fourth-order valence-electron chi connectivity index (χ4n) is 4.92. The Kier molecular flexibility index (Phi) is 5.58. The molecule has 0 aromatic heterocycles. The van der Waals surface area contributed by atoms with Crippen molar-refractivity contribution in [2.24, 2.45) is 17.8 Å². The summed E-state index contributed by atoms with van der Waals surface area (Å²) in [6.07, 6.45) is 12.1. The first kappa shape index (κ1) is 15.8. The van der Waals surface area contributed by atoms with Crippen molar-refractivity contribution in [1.82, 2.24) is 5.32 Å². The number of rotatable bonds is 7. The zero-order valence-electron chi connectivity index (χ0n) is 13.6. The van der Waals surface area contributed by atoms with Crippen molar-refractivity contribution in [3.05, 3.63) is 0 Å². The van der Waals surface area contributed by atoms with E-state index >= 15 is 0 Å². The van der Waals surface area contributed by atoms with Crippen molar-refractivity contribution in [1.29, 1.82) is 0 Å². The first-order valence-corrected chi connectivity index (χ1v) is 9.25. The molecule has 3 heteroatoms. The molecule has 3 saturated carbocycles. The van der Waals surface area contributed by atoms with Crippen molar-refractivity contribution in [3.8, 4) is 0 Å². The monoisotopic (exact) mass is 295 g/mol. The van der Waals surface area contributed by atoms with Crippen LogP contribution in [0.25, 0.3) is 0 Å². The van der Waals surface area contributed by atoms with Crippen molar-refractivity contribution < 1.29 is 9.84 Å². The van der Waals surface area contributed by atoms with Gasteiger partial charge in [-0.25, -0.2) is 0 Å². The number of nitrogens with one attached hydrogen (secondary N) is 1. The Hall–Kier alpha value is -0.120. The molecule has 3 fully saturated rings. The SMILES string of the molecule is CC(NCC(O)COC1CCCCC1)C1CC2CCC1C2. The van der Waals surface area contributed by atoms with Gasteiger partial charge in [0.05, 0.1) is 18.8 Å². The highest BCUT2D eigenvalue weighted by atomic mass is 16.5. The van der Waals surface area contributed by atoms with E-state index in [1.165, 1.54) is 57.8 Å². The Labute approximate surface area is 129 Å². The summed E-state index contributed by atoms with van der Waals surface area (Å²) in [4.78, 5) is 0. The van der Waals surface area contributed by atoms with Gasteiger partial charge in [-0.2, -0.15) is 0 Å². The summed E-state index contributed by atoms with van der Waals surface area (Å²) in [6, 6.07) is 0.546. The van der Waals surface area contributed by atoms with Gasteiger partial charge >= 0.3 is 0 Å². The number of hydrogen-bond donors (Lipinski definition) is 2. The molecule has 0 saturated heterocycles. The zero-order valence-corrected chi connectivity index (χ0v) is 13.6. The first-order valence-electron chi connectivity index (χ1n) is 9.25. The second-order valence-corrected chi connectivity index (χ2v) is 7.78. The standard InChI is InChI=1S/C18H33NO2/c1-13(18-10-14-7-8-15(18)9-14)19-11-16(20)12-21-17-5-3-2-4-6-17/h13-20H,2-12H2,1H3. The van der Waals surface area contributed by atoms with Crippen LogP contribution in [0.3, 0.4) is 0 Å². The summed E-state index contributed by atoms with van der Waals surface area (Å²) in [5.74, 6) is 2.80. The summed E-state index contributed by atoms with van der Waals surface area (Å²) < 4.78 is 5.86. The highest BCUT2D eigenvalue weighted by Crippen LogP contribution is 2.49. The molecule has 3 nitrogen and oxygen atoms in total. The number of fused-ring (bicyclic) bond motifs is 2. The topological polar surface area (TPSA) is 41.5 Å². The highest BCUT2D eigenvalue weighted by molar-refractivity contribution is 4.94. The third kappa shape index (κ3) is 4.20. The van der Waals surface area contributed by atoms with E-state index in [1.54, 1.807) is 0 Å². The molecule has 122 valence electrons. The Bertz CT molecular complexity index is 316. The largest absolute Gasteiger partial charge is 0.389 e. The van der Waals surface area contributed by atoms with Crippen LogP contribution in [-0.4, -0.2) is 36.5 Å². The molecule has 0 amide bonds. The highest BCUT2D eigenvalue weighted by Gasteiger charge is 2.41. The molecule has 5 unspecified atom stereocenters. The van der Waals surface area contributed by atoms with Crippen LogP contribution in [0.5, 0.6) is 0 Å². The van der Waals surface area contributed by atoms with Gasteiger partial charge in [0.15, 0.2) is 0 Å². The quantitative estimate of drug-likeness (QED) is 0.758. The van der Waals surface area contributed by atoms with Gasteiger partial charge < -0.3 is 15.2 Å². The van der Waals surface area contributed by atoms with Crippen LogP contribution in [0.15, 0.2) is 0 Å². The third-order valence-electron chi connectivity index (χ3n) is 6.19. The van der Waals surface area contributed by atoms with Crippen LogP contribution in [0.1, 0.15) is 64.7 Å². The van der Waals surface area contributed by atoms with E-state index in [9.17, 15) is 5.11 Å². The maximum Gasteiger partial charge on any atom is 0.0897 e. The van der Waals surface area contributed by atoms with Crippen LogP contribution < -0.4 is 5.32 Å². The second-order valence-electron chi connectivity index (χ2n) is 7.78. The Balaban J connectivity index is 1.30. The molecule has 3 aliphatic carbocycles. The Morgan fingerprint density at radius 1 is 1.10 bits per heavy atom. The predicted molar refractivity (Wildman–Crippen MR) is 85.2 cm³/mol. The number of ether oxygens (including phenoxy) is 1. The molecule has 0 spiro atoms. The van der Waals surface area contributed by atoms with Crippen LogP contribution in [-0.2, 0) is 4.74 Å². The Morgan fingerprint density at radius 3 is 2.57 bits per heavy atom. The van der Waals surface area contributed by atoms with Crippen LogP contribution in [0.2, 0.25) is 0 Å². The van der Waals surface area contributed by atoms with Crippen molar-refractivity contribution >= 4 is 0 Å². The summed E-state index contributed by atoms with van der Waals surface area (Å²) >= 11 is 0. The molecule has 21 heavy (non-hydrogen) atoms. The van der Waals surface area contributed by atoms with E-state index in [-0.39, 0.29) is 6.10 Å². The van der Waals surface area contributed by atoms with E-state index in [1.807, 2.05) is 0 Å². The van der Waals surface area contributed by atoms with Crippen molar-refractivity contribution in [2.75, 3.05) is 13.2 Å². The summed E-state index contributed by atoms with van der Waals surface area (Å²) in [5, 5.41) is 13.7. The first-order chi connectivity index (χ1) is 10.2. The van der Waals surface area contributed by atoms with Crippen molar-refractivity contribution in [2.45, 2.75) is 83.0 Å². The fraction of sp³-hybridized carbons (Fsp3) is 1.00. The minimum absolute atomic E-state index is 0.354. The number of hydrogen-bond acceptors (Lipinski definition) is 3. The van der Waals surface area contributed by atoms with E-state index in [0.717, 1.165) is 17.8 Å². The minimum atomic E-state index is -0.354. The molecule has 3 rings (SSSR count). The lowest BCUT2D eigenvalue weighted by Gasteiger charge is -2.29. The van der Waals surface area contributed by atoms with Crippen LogP contribution in [0, 0.1) is 17.8 Å². The zero-order chi connectivity index (χ0) is 14.7. The maximum atomic E-state index is 10.1. The molecule has 3 aliphatic rings. The van der Waals surface area contributed by atoms with Gasteiger partial charge in [-0.05, 0) is 56.8 Å². The van der Waals surface area contributed by atoms with Gasteiger partial charge in [0.2, 0.25) is 0 Å². The normalized spacial score (nSPS) is 36.0. The van der Waals surface area contributed by atoms with Gasteiger partial charge in [0.25, 0.3) is 0 Å². The van der Waals surface area contributed by atoms with Gasteiger partial charge in [-0.1, -0.05) is 25.7 Å². The van der Waals surface area contributed by atoms with Crippen LogP contribution >= 0.6 is 0 Å². The lowest BCUT2D eigenvalue weighted by atomic mass is 9.84. The predicted octanol–water partition coefficient (Wildman–Crippen LogP) is 3.11. The molecular formula is C18H33NO2. The Morgan fingerprint density at radius 2 is 1.90 bits per heavy atom. The van der Waals surface area contributed by atoms with Gasteiger partial charge in [0, 0.05) is 12.6 Å². The fourth-order valence-corrected chi connectivity index (χ4v) is 4.92.